The maximum absolute atomic E-state index is 14.1. The average molecular weight is 266 g/mol. The molecule has 1 aromatic rings. The third-order valence-corrected chi connectivity index (χ3v) is 3.75. The number of nitrogens with two attached hydrogens (primary N) is 1. The molecule has 0 radical (unpaired) electrons. The number of halogens is 1. The van der Waals surface area contributed by atoms with Crippen LogP contribution in [0.4, 0.5) is 4.39 Å². The molecule has 1 aliphatic heterocycles. The highest BCUT2D eigenvalue weighted by molar-refractivity contribution is 5.23. The quantitative estimate of drug-likeness (QED) is 0.909. The number of ether oxygens (including phenoxy) is 1. The number of rotatable bonds is 4. The summed E-state index contributed by atoms with van der Waals surface area (Å²) in [5.41, 5.74) is 6.96. The Morgan fingerprint density at radius 2 is 2.11 bits per heavy atom. The molecule has 2 atom stereocenters. The molecule has 2 unspecified atom stereocenters. The van der Waals surface area contributed by atoms with Gasteiger partial charge < -0.3 is 10.5 Å². The molecule has 2 rings (SSSR count). The number of hydrogen-bond acceptors (Lipinski definition) is 3. The van der Waals surface area contributed by atoms with E-state index in [1.165, 1.54) is 6.07 Å². The van der Waals surface area contributed by atoms with Crippen molar-refractivity contribution in [2.45, 2.75) is 31.8 Å². The fourth-order valence-electron chi connectivity index (χ4n) is 2.68. The molecule has 2 N–H and O–H groups in total. The van der Waals surface area contributed by atoms with Crippen molar-refractivity contribution < 1.29 is 9.13 Å². The van der Waals surface area contributed by atoms with Gasteiger partial charge in [0.05, 0.1) is 12.6 Å². The average Bonchev–Trinajstić information content (AvgIpc) is 2.70. The van der Waals surface area contributed by atoms with E-state index in [0.717, 1.165) is 32.5 Å². The van der Waals surface area contributed by atoms with Gasteiger partial charge in [-0.2, -0.15) is 0 Å². The molecule has 0 amide bonds. The Labute approximate surface area is 114 Å². The highest BCUT2D eigenvalue weighted by Gasteiger charge is 2.28. The van der Waals surface area contributed by atoms with Crippen LogP contribution in [0.5, 0.6) is 0 Å². The maximum Gasteiger partial charge on any atom is 0.128 e. The number of benzene rings is 1. The zero-order chi connectivity index (χ0) is 13.7. The monoisotopic (exact) mass is 266 g/mol. The lowest BCUT2D eigenvalue weighted by atomic mass is 9.95. The highest BCUT2D eigenvalue weighted by atomic mass is 19.1. The molecule has 0 aliphatic carbocycles. The van der Waals surface area contributed by atoms with E-state index in [1.54, 1.807) is 6.07 Å². The first-order chi connectivity index (χ1) is 9.24. The van der Waals surface area contributed by atoms with Crippen molar-refractivity contribution in [2.75, 3.05) is 26.3 Å². The van der Waals surface area contributed by atoms with Crippen molar-refractivity contribution in [3.05, 3.63) is 35.6 Å². The fraction of sp³-hybridized carbons (Fsp3) is 0.600. The lowest BCUT2D eigenvalue weighted by Gasteiger charge is -2.34. The van der Waals surface area contributed by atoms with Crippen molar-refractivity contribution in [3.8, 4) is 0 Å². The van der Waals surface area contributed by atoms with E-state index in [9.17, 15) is 4.39 Å². The molecule has 0 saturated carbocycles. The molecule has 0 bridgehead atoms. The first-order valence-corrected chi connectivity index (χ1v) is 7.06. The molecule has 0 spiro atoms. The van der Waals surface area contributed by atoms with Crippen LogP contribution in [0.1, 0.15) is 31.4 Å². The van der Waals surface area contributed by atoms with Crippen LogP contribution in [0.25, 0.3) is 0 Å². The van der Waals surface area contributed by atoms with Crippen LogP contribution < -0.4 is 5.73 Å². The first kappa shape index (κ1) is 14.4. The lowest BCUT2D eigenvalue weighted by molar-refractivity contribution is 0.124. The van der Waals surface area contributed by atoms with Crippen LogP contribution in [-0.2, 0) is 4.74 Å². The first-order valence-electron chi connectivity index (χ1n) is 7.06. The van der Waals surface area contributed by atoms with E-state index in [-0.39, 0.29) is 17.9 Å². The predicted octanol–water partition coefficient (Wildman–Crippen LogP) is 2.33. The maximum atomic E-state index is 14.1. The standard InChI is InChI=1S/C15H23FN2O/c1-2-14(17)15(12-6-3-4-7-13(12)16)18-8-5-10-19-11-9-18/h3-4,6-7,14-15H,2,5,8-11,17H2,1H3. The topological polar surface area (TPSA) is 38.5 Å². The molecule has 1 aromatic carbocycles. The van der Waals surface area contributed by atoms with Crippen molar-refractivity contribution in [2.24, 2.45) is 5.73 Å². The van der Waals surface area contributed by atoms with Crippen LogP contribution in [0.15, 0.2) is 24.3 Å². The van der Waals surface area contributed by atoms with Gasteiger partial charge in [0.1, 0.15) is 5.82 Å². The van der Waals surface area contributed by atoms with Gasteiger partial charge in [-0.15, -0.1) is 0 Å². The Morgan fingerprint density at radius 1 is 1.32 bits per heavy atom. The molecular weight excluding hydrogens is 243 g/mol. The van der Waals surface area contributed by atoms with Crippen molar-refractivity contribution in [1.82, 2.24) is 4.90 Å². The molecule has 1 saturated heterocycles. The Bertz CT molecular complexity index is 391. The summed E-state index contributed by atoms with van der Waals surface area (Å²) >= 11 is 0. The van der Waals surface area contributed by atoms with Gasteiger partial charge in [0.25, 0.3) is 0 Å². The minimum atomic E-state index is -0.165. The molecular formula is C15H23FN2O. The molecule has 4 heteroatoms. The van der Waals surface area contributed by atoms with E-state index in [0.29, 0.717) is 12.2 Å². The van der Waals surface area contributed by atoms with E-state index in [4.69, 9.17) is 10.5 Å². The summed E-state index contributed by atoms with van der Waals surface area (Å²) < 4.78 is 19.6. The van der Waals surface area contributed by atoms with Crippen molar-refractivity contribution in [3.63, 3.8) is 0 Å². The summed E-state index contributed by atoms with van der Waals surface area (Å²) in [4.78, 5) is 2.26. The van der Waals surface area contributed by atoms with Crippen LogP contribution in [0, 0.1) is 5.82 Å². The van der Waals surface area contributed by atoms with Crippen molar-refractivity contribution >= 4 is 0 Å². The molecule has 0 aromatic heterocycles. The third-order valence-electron chi connectivity index (χ3n) is 3.75. The molecule has 1 fully saturated rings. The second kappa shape index (κ2) is 6.98. The molecule has 3 nitrogen and oxygen atoms in total. The Morgan fingerprint density at radius 3 is 2.84 bits per heavy atom. The van der Waals surface area contributed by atoms with Gasteiger partial charge >= 0.3 is 0 Å². The summed E-state index contributed by atoms with van der Waals surface area (Å²) in [6.45, 7) is 5.25. The van der Waals surface area contributed by atoms with Gasteiger partial charge in [-0.3, -0.25) is 4.90 Å². The Hall–Kier alpha value is -0.970. The van der Waals surface area contributed by atoms with Gasteiger partial charge in [-0.05, 0) is 18.9 Å². The van der Waals surface area contributed by atoms with E-state index >= 15 is 0 Å². The van der Waals surface area contributed by atoms with Gasteiger partial charge in [0.15, 0.2) is 0 Å². The summed E-state index contributed by atoms with van der Waals surface area (Å²) in [6, 6.07) is 6.84. The molecule has 19 heavy (non-hydrogen) atoms. The minimum Gasteiger partial charge on any atom is -0.380 e. The van der Waals surface area contributed by atoms with E-state index in [2.05, 4.69) is 4.90 Å². The van der Waals surface area contributed by atoms with Crippen LogP contribution >= 0.6 is 0 Å². The zero-order valence-electron chi connectivity index (χ0n) is 11.5. The minimum absolute atomic E-state index is 0.0602. The van der Waals surface area contributed by atoms with E-state index in [1.807, 2.05) is 19.1 Å². The summed E-state index contributed by atoms with van der Waals surface area (Å²) in [5, 5.41) is 0. The highest BCUT2D eigenvalue weighted by Crippen LogP contribution is 2.28. The SMILES string of the molecule is CCC(N)C(c1ccccc1F)N1CCCOCC1. The summed E-state index contributed by atoms with van der Waals surface area (Å²) in [5.74, 6) is -0.165. The summed E-state index contributed by atoms with van der Waals surface area (Å²) in [6.07, 6.45) is 1.80. The Kier molecular flexibility index (Phi) is 5.31. The van der Waals surface area contributed by atoms with Gasteiger partial charge in [-0.25, -0.2) is 4.39 Å². The molecule has 106 valence electrons. The predicted molar refractivity (Wildman–Crippen MR) is 74.4 cm³/mol. The number of nitrogens with zero attached hydrogens (tertiary/aromatic N) is 1. The fourth-order valence-corrected chi connectivity index (χ4v) is 2.68. The summed E-state index contributed by atoms with van der Waals surface area (Å²) in [7, 11) is 0. The van der Waals surface area contributed by atoms with Crippen LogP contribution in [-0.4, -0.2) is 37.2 Å². The second-order valence-corrected chi connectivity index (χ2v) is 5.04. The normalized spacial score (nSPS) is 20.8. The molecule has 1 heterocycles. The largest absolute Gasteiger partial charge is 0.380 e. The Balaban J connectivity index is 2.27. The van der Waals surface area contributed by atoms with Gasteiger partial charge in [0, 0.05) is 31.3 Å². The van der Waals surface area contributed by atoms with Gasteiger partial charge in [0.2, 0.25) is 0 Å². The number of hydrogen-bond donors (Lipinski definition) is 1. The third kappa shape index (κ3) is 3.53. The smallest absolute Gasteiger partial charge is 0.128 e. The van der Waals surface area contributed by atoms with Crippen LogP contribution in [0.2, 0.25) is 0 Å². The zero-order valence-corrected chi connectivity index (χ0v) is 11.5. The molecule has 1 aliphatic rings. The van der Waals surface area contributed by atoms with Crippen LogP contribution in [0.3, 0.4) is 0 Å². The van der Waals surface area contributed by atoms with Gasteiger partial charge in [-0.1, -0.05) is 25.1 Å². The van der Waals surface area contributed by atoms with Crippen molar-refractivity contribution in [1.29, 1.82) is 0 Å². The second-order valence-electron chi connectivity index (χ2n) is 5.04. The lowest BCUT2D eigenvalue weighted by Crippen LogP contribution is -2.42. The van der Waals surface area contributed by atoms with E-state index < -0.39 is 0 Å².